The van der Waals surface area contributed by atoms with Crippen molar-refractivity contribution in [3.63, 3.8) is 0 Å². The van der Waals surface area contributed by atoms with Crippen molar-refractivity contribution in [1.82, 2.24) is 0 Å². The molecule has 1 saturated heterocycles. The second-order valence-corrected chi connectivity index (χ2v) is 7.38. The van der Waals surface area contributed by atoms with Gasteiger partial charge in [-0.1, -0.05) is 30.4 Å². The molecule has 5 rings (SSSR count). The minimum absolute atomic E-state index is 0.0945. The van der Waals surface area contributed by atoms with Gasteiger partial charge in [0.25, 0.3) is 5.91 Å². The van der Waals surface area contributed by atoms with Crippen LogP contribution in [0.3, 0.4) is 0 Å². The zero-order valence-electron chi connectivity index (χ0n) is 14.5. The molecule has 2 aromatic carbocycles. The molecule has 2 bridgehead atoms. The second kappa shape index (κ2) is 5.91. The highest BCUT2D eigenvalue weighted by atomic mass is 16.2. The van der Waals surface area contributed by atoms with Crippen molar-refractivity contribution in [2.45, 2.75) is 6.42 Å². The van der Waals surface area contributed by atoms with E-state index >= 15 is 0 Å². The van der Waals surface area contributed by atoms with Crippen LogP contribution in [-0.2, 0) is 9.59 Å². The minimum Gasteiger partial charge on any atom is -0.322 e. The highest BCUT2D eigenvalue weighted by molar-refractivity contribution is 6.22. The number of hydrogen-bond donors (Lipinski definition) is 1. The van der Waals surface area contributed by atoms with E-state index in [1.54, 1.807) is 36.4 Å². The van der Waals surface area contributed by atoms with Crippen LogP contribution in [0.5, 0.6) is 0 Å². The molecule has 134 valence electrons. The summed E-state index contributed by atoms with van der Waals surface area (Å²) in [5.74, 6) is -0.397. The summed E-state index contributed by atoms with van der Waals surface area (Å²) in [6.45, 7) is 0. The average molecular weight is 358 g/mol. The quantitative estimate of drug-likeness (QED) is 0.677. The van der Waals surface area contributed by atoms with E-state index in [2.05, 4.69) is 17.5 Å². The molecule has 2 aromatic rings. The van der Waals surface area contributed by atoms with Crippen LogP contribution >= 0.6 is 0 Å². The van der Waals surface area contributed by atoms with Crippen LogP contribution in [0.4, 0.5) is 11.4 Å². The fraction of sp³-hybridized carbons (Fsp3) is 0.227. The lowest BCUT2D eigenvalue weighted by molar-refractivity contribution is -0.123. The number of anilines is 2. The Hall–Kier alpha value is -3.21. The highest BCUT2D eigenvalue weighted by Gasteiger charge is 2.59. The zero-order chi connectivity index (χ0) is 18.5. The third-order valence-corrected chi connectivity index (χ3v) is 5.89. The maximum absolute atomic E-state index is 12.8. The molecule has 27 heavy (non-hydrogen) atoms. The number of imide groups is 1. The van der Waals surface area contributed by atoms with Crippen molar-refractivity contribution in [2.75, 3.05) is 10.2 Å². The summed E-state index contributed by atoms with van der Waals surface area (Å²) in [6, 6.07) is 15.8. The molecule has 5 heteroatoms. The van der Waals surface area contributed by atoms with E-state index in [0.717, 1.165) is 6.42 Å². The summed E-state index contributed by atoms with van der Waals surface area (Å²) in [5, 5.41) is 2.83. The standard InChI is InChI=1S/C22H18N2O3/c25-20(13-4-2-1-3-5-13)23-16-8-10-17(11-9-16)24-21(26)18-14-6-7-15(12-14)19(18)22(24)27/h1-11,14-15,18-19H,12H2,(H,23,25)/t14-,15+,18-,19-/m0/s1. The Labute approximate surface area is 156 Å². The van der Waals surface area contributed by atoms with E-state index in [4.69, 9.17) is 0 Å². The molecule has 4 atom stereocenters. The Morgan fingerprint density at radius 2 is 1.44 bits per heavy atom. The van der Waals surface area contributed by atoms with Crippen LogP contribution in [0.1, 0.15) is 16.8 Å². The topological polar surface area (TPSA) is 66.5 Å². The number of carbonyl (C=O) groups excluding carboxylic acids is 3. The molecule has 1 heterocycles. The molecule has 3 aliphatic rings. The van der Waals surface area contributed by atoms with E-state index in [9.17, 15) is 14.4 Å². The molecule has 3 amide bonds. The number of carbonyl (C=O) groups is 3. The second-order valence-electron chi connectivity index (χ2n) is 7.38. The molecule has 0 radical (unpaired) electrons. The number of nitrogens with zero attached hydrogens (tertiary/aromatic N) is 1. The first-order chi connectivity index (χ1) is 13.1. The van der Waals surface area contributed by atoms with Crippen LogP contribution in [0.25, 0.3) is 0 Å². The maximum atomic E-state index is 12.8. The predicted octanol–water partition coefficient (Wildman–Crippen LogP) is 3.25. The third kappa shape index (κ3) is 2.42. The Bertz CT molecular complexity index is 935. The van der Waals surface area contributed by atoms with Gasteiger partial charge in [-0.3, -0.25) is 19.3 Å². The van der Waals surface area contributed by atoms with E-state index in [1.807, 2.05) is 18.2 Å². The fourth-order valence-corrected chi connectivity index (χ4v) is 4.64. The van der Waals surface area contributed by atoms with Gasteiger partial charge in [-0.05, 0) is 54.7 Å². The Morgan fingerprint density at radius 1 is 0.852 bits per heavy atom. The predicted molar refractivity (Wildman–Crippen MR) is 101 cm³/mol. The van der Waals surface area contributed by atoms with Gasteiger partial charge in [0.2, 0.25) is 11.8 Å². The fourth-order valence-electron chi connectivity index (χ4n) is 4.64. The van der Waals surface area contributed by atoms with Crippen molar-refractivity contribution in [1.29, 1.82) is 0 Å². The van der Waals surface area contributed by atoms with Gasteiger partial charge in [-0.2, -0.15) is 0 Å². The smallest absolute Gasteiger partial charge is 0.255 e. The first-order valence-electron chi connectivity index (χ1n) is 9.16. The van der Waals surface area contributed by atoms with Gasteiger partial charge in [0.1, 0.15) is 0 Å². The van der Waals surface area contributed by atoms with Gasteiger partial charge >= 0.3 is 0 Å². The summed E-state index contributed by atoms with van der Waals surface area (Å²) in [6.07, 6.45) is 5.09. The lowest BCUT2D eigenvalue weighted by Gasteiger charge is -2.17. The van der Waals surface area contributed by atoms with Crippen LogP contribution < -0.4 is 10.2 Å². The lowest BCUT2D eigenvalue weighted by atomic mass is 9.85. The summed E-state index contributed by atoms with van der Waals surface area (Å²) < 4.78 is 0. The zero-order valence-corrected chi connectivity index (χ0v) is 14.5. The van der Waals surface area contributed by atoms with Gasteiger partial charge < -0.3 is 5.32 Å². The van der Waals surface area contributed by atoms with Gasteiger partial charge in [-0.25, -0.2) is 0 Å². The molecule has 0 unspecified atom stereocenters. The molecular weight excluding hydrogens is 340 g/mol. The van der Waals surface area contributed by atoms with Crippen LogP contribution in [-0.4, -0.2) is 17.7 Å². The van der Waals surface area contributed by atoms with Crippen LogP contribution in [0.2, 0.25) is 0 Å². The van der Waals surface area contributed by atoms with Crippen molar-refractivity contribution in [3.8, 4) is 0 Å². The van der Waals surface area contributed by atoms with E-state index in [1.165, 1.54) is 4.90 Å². The van der Waals surface area contributed by atoms with Gasteiger partial charge in [-0.15, -0.1) is 0 Å². The molecule has 0 spiro atoms. The number of benzene rings is 2. The molecular formula is C22H18N2O3. The normalized spacial score (nSPS) is 27.9. The number of fused-ring (bicyclic) bond motifs is 5. The largest absolute Gasteiger partial charge is 0.322 e. The van der Waals surface area contributed by atoms with E-state index in [-0.39, 0.29) is 41.4 Å². The summed E-state index contributed by atoms with van der Waals surface area (Å²) in [5.41, 5.74) is 1.76. The number of hydrogen-bond acceptors (Lipinski definition) is 3. The summed E-state index contributed by atoms with van der Waals surface area (Å²) in [4.78, 5) is 39.2. The van der Waals surface area contributed by atoms with Crippen molar-refractivity contribution in [3.05, 3.63) is 72.3 Å². The van der Waals surface area contributed by atoms with Crippen LogP contribution in [0.15, 0.2) is 66.7 Å². The number of allylic oxidation sites excluding steroid dienone is 2. The van der Waals surface area contributed by atoms with Crippen LogP contribution in [0, 0.1) is 23.7 Å². The molecule has 0 aromatic heterocycles. The average Bonchev–Trinajstić information content (AvgIpc) is 3.37. The molecule has 5 nitrogen and oxygen atoms in total. The molecule has 1 saturated carbocycles. The van der Waals surface area contributed by atoms with Crippen molar-refractivity contribution < 1.29 is 14.4 Å². The van der Waals surface area contributed by atoms with Crippen molar-refractivity contribution >= 4 is 29.1 Å². The minimum atomic E-state index is -0.204. The lowest BCUT2D eigenvalue weighted by Crippen LogP contribution is -2.32. The first-order valence-corrected chi connectivity index (χ1v) is 9.16. The van der Waals surface area contributed by atoms with Gasteiger partial charge in [0.05, 0.1) is 17.5 Å². The van der Waals surface area contributed by atoms with Gasteiger partial charge in [0, 0.05) is 11.3 Å². The first kappa shape index (κ1) is 16.0. The van der Waals surface area contributed by atoms with Gasteiger partial charge in [0.15, 0.2) is 0 Å². The van der Waals surface area contributed by atoms with E-state index < -0.39 is 0 Å². The third-order valence-electron chi connectivity index (χ3n) is 5.89. The molecule has 1 aliphatic heterocycles. The SMILES string of the molecule is O=C(Nc1ccc(N2C(=O)[C@@H]3[C@@H](C2=O)[C@H]2C=C[C@@H]3C2)cc1)c1ccccc1. The Balaban J connectivity index is 1.35. The number of rotatable bonds is 3. The van der Waals surface area contributed by atoms with E-state index in [0.29, 0.717) is 16.9 Å². The molecule has 1 N–H and O–H groups in total. The monoisotopic (exact) mass is 358 g/mol. The Kier molecular flexibility index (Phi) is 3.50. The summed E-state index contributed by atoms with van der Waals surface area (Å²) in [7, 11) is 0. The Morgan fingerprint density at radius 3 is 2.04 bits per heavy atom. The number of nitrogens with one attached hydrogen (secondary N) is 1. The maximum Gasteiger partial charge on any atom is 0.255 e. The van der Waals surface area contributed by atoms with Crippen molar-refractivity contribution in [2.24, 2.45) is 23.7 Å². The molecule has 2 aliphatic carbocycles. The molecule has 2 fully saturated rings. The highest BCUT2D eigenvalue weighted by Crippen LogP contribution is 2.53. The number of amides is 3. The summed E-state index contributed by atoms with van der Waals surface area (Å²) >= 11 is 0.